The fourth-order valence-electron chi connectivity index (χ4n) is 2.65. The average Bonchev–Trinajstić information content (AvgIpc) is 2.95. The van der Waals surface area contributed by atoms with Gasteiger partial charge in [-0.05, 0) is 36.4 Å². The Kier molecular flexibility index (Phi) is 4.92. The van der Waals surface area contributed by atoms with Crippen LogP contribution in [0.4, 0.5) is 14.5 Å². The van der Waals surface area contributed by atoms with Crippen LogP contribution < -0.4 is 15.0 Å². The molecule has 1 fully saturated rings. The summed E-state index contributed by atoms with van der Waals surface area (Å²) < 4.78 is 31.5. The standard InChI is InChI=1S/C18H16F2N2O3/c19-12-5-7-14(8-6-12)22-10-13(9-18(22)24)21-17(23)11-25-16-4-2-1-3-15(16)20/h1-8,13H,9-11H2,(H,21,23)/t13-/m0/s1. The lowest BCUT2D eigenvalue weighted by molar-refractivity contribution is -0.123. The fourth-order valence-corrected chi connectivity index (χ4v) is 2.65. The van der Waals surface area contributed by atoms with Crippen LogP contribution in [0.2, 0.25) is 0 Å². The number of carbonyl (C=O) groups excluding carboxylic acids is 2. The van der Waals surface area contributed by atoms with Gasteiger partial charge in [0, 0.05) is 18.7 Å². The fraction of sp³-hybridized carbons (Fsp3) is 0.222. The van der Waals surface area contributed by atoms with Crippen molar-refractivity contribution in [1.82, 2.24) is 5.32 Å². The molecule has 1 aliphatic rings. The number of ether oxygens (including phenoxy) is 1. The molecule has 0 aromatic heterocycles. The van der Waals surface area contributed by atoms with Gasteiger partial charge in [-0.15, -0.1) is 0 Å². The van der Waals surface area contributed by atoms with Gasteiger partial charge in [0.15, 0.2) is 18.2 Å². The lowest BCUT2D eigenvalue weighted by Crippen LogP contribution is -2.39. The van der Waals surface area contributed by atoms with Crippen molar-refractivity contribution in [3.05, 3.63) is 60.2 Å². The second-order valence-corrected chi connectivity index (χ2v) is 5.67. The maximum atomic E-state index is 13.4. The molecule has 1 aliphatic heterocycles. The first-order valence-electron chi connectivity index (χ1n) is 7.75. The molecule has 25 heavy (non-hydrogen) atoms. The molecule has 0 spiro atoms. The van der Waals surface area contributed by atoms with Gasteiger partial charge in [-0.2, -0.15) is 0 Å². The summed E-state index contributed by atoms with van der Waals surface area (Å²) in [5, 5.41) is 2.69. The van der Waals surface area contributed by atoms with Crippen molar-refractivity contribution in [2.24, 2.45) is 0 Å². The van der Waals surface area contributed by atoms with Crippen LogP contribution in [0.3, 0.4) is 0 Å². The molecular formula is C18H16F2N2O3. The van der Waals surface area contributed by atoms with E-state index in [9.17, 15) is 18.4 Å². The number of nitrogens with zero attached hydrogens (tertiary/aromatic N) is 1. The van der Waals surface area contributed by atoms with Gasteiger partial charge in [0.1, 0.15) is 5.82 Å². The maximum Gasteiger partial charge on any atom is 0.258 e. The quantitative estimate of drug-likeness (QED) is 0.904. The highest BCUT2D eigenvalue weighted by molar-refractivity contribution is 5.96. The molecule has 3 rings (SSSR count). The second-order valence-electron chi connectivity index (χ2n) is 5.67. The second kappa shape index (κ2) is 7.29. The van der Waals surface area contributed by atoms with Gasteiger partial charge in [-0.1, -0.05) is 12.1 Å². The molecule has 130 valence electrons. The third-order valence-corrected chi connectivity index (χ3v) is 3.82. The van der Waals surface area contributed by atoms with Gasteiger partial charge in [-0.3, -0.25) is 9.59 Å². The van der Waals surface area contributed by atoms with Gasteiger partial charge in [0.05, 0.1) is 6.04 Å². The molecule has 2 amide bonds. The topological polar surface area (TPSA) is 58.6 Å². The summed E-state index contributed by atoms with van der Waals surface area (Å²) in [6.45, 7) is -0.0575. The summed E-state index contributed by atoms with van der Waals surface area (Å²) in [6.07, 6.45) is 0.142. The highest BCUT2D eigenvalue weighted by atomic mass is 19.1. The number of hydrogen-bond donors (Lipinski definition) is 1. The Balaban J connectivity index is 1.53. The summed E-state index contributed by atoms with van der Waals surface area (Å²) in [6, 6.07) is 11.0. The molecule has 7 heteroatoms. The molecule has 0 unspecified atom stereocenters. The molecule has 2 aromatic carbocycles. The molecule has 1 atom stereocenters. The lowest BCUT2D eigenvalue weighted by Gasteiger charge is -2.17. The molecule has 1 N–H and O–H groups in total. The first kappa shape index (κ1) is 16.9. The predicted octanol–water partition coefficient (Wildman–Crippen LogP) is 2.27. The molecule has 1 heterocycles. The zero-order valence-corrected chi connectivity index (χ0v) is 13.2. The van der Waals surface area contributed by atoms with Crippen LogP contribution in [-0.2, 0) is 9.59 Å². The molecule has 0 aliphatic carbocycles. The normalized spacial score (nSPS) is 16.8. The summed E-state index contributed by atoms with van der Waals surface area (Å²) in [5.41, 5.74) is 0.575. The van der Waals surface area contributed by atoms with Crippen LogP contribution in [-0.4, -0.2) is 31.0 Å². The van der Waals surface area contributed by atoms with Crippen LogP contribution in [0, 0.1) is 11.6 Å². The van der Waals surface area contributed by atoms with E-state index in [0.717, 1.165) is 0 Å². The number of carbonyl (C=O) groups is 2. The lowest BCUT2D eigenvalue weighted by atomic mass is 10.2. The predicted molar refractivity (Wildman–Crippen MR) is 87.2 cm³/mol. The number of anilines is 1. The molecule has 5 nitrogen and oxygen atoms in total. The van der Waals surface area contributed by atoms with E-state index in [0.29, 0.717) is 5.69 Å². The summed E-state index contributed by atoms with van der Waals surface area (Å²) in [7, 11) is 0. The minimum atomic E-state index is -0.547. The smallest absolute Gasteiger partial charge is 0.258 e. The number of hydrogen-bond acceptors (Lipinski definition) is 3. The van der Waals surface area contributed by atoms with E-state index < -0.39 is 11.7 Å². The van der Waals surface area contributed by atoms with Gasteiger partial charge in [0.25, 0.3) is 5.91 Å². The Bertz CT molecular complexity index is 780. The summed E-state index contributed by atoms with van der Waals surface area (Å²) in [4.78, 5) is 25.5. The zero-order valence-electron chi connectivity index (χ0n) is 13.2. The molecular weight excluding hydrogens is 330 g/mol. The molecule has 0 radical (unpaired) electrons. The minimum absolute atomic E-state index is 0.00640. The third kappa shape index (κ3) is 4.12. The van der Waals surface area contributed by atoms with Gasteiger partial charge < -0.3 is 15.0 Å². The van der Waals surface area contributed by atoms with Crippen molar-refractivity contribution in [2.75, 3.05) is 18.1 Å². The van der Waals surface area contributed by atoms with Crippen LogP contribution in [0.15, 0.2) is 48.5 Å². The number of halogens is 2. The van der Waals surface area contributed by atoms with Gasteiger partial charge in [0.2, 0.25) is 5.91 Å². The summed E-state index contributed by atoms with van der Waals surface area (Å²) >= 11 is 0. The third-order valence-electron chi connectivity index (χ3n) is 3.82. The largest absolute Gasteiger partial charge is 0.481 e. The molecule has 0 saturated carbocycles. The number of benzene rings is 2. The average molecular weight is 346 g/mol. The monoisotopic (exact) mass is 346 g/mol. The first-order chi connectivity index (χ1) is 12.0. The van der Waals surface area contributed by atoms with E-state index in [1.807, 2.05) is 0 Å². The Morgan fingerprint density at radius 3 is 2.60 bits per heavy atom. The summed E-state index contributed by atoms with van der Waals surface area (Å²) in [5.74, 6) is -1.54. The van der Waals surface area contributed by atoms with E-state index in [1.54, 1.807) is 6.07 Å². The van der Waals surface area contributed by atoms with Gasteiger partial charge in [-0.25, -0.2) is 8.78 Å². The number of para-hydroxylation sites is 1. The van der Waals surface area contributed by atoms with E-state index in [1.165, 1.54) is 47.4 Å². The van der Waals surface area contributed by atoms with Gasteiger partial charge >= 0.3 is 0 Å². The van der Waals surface area contributed by atoms with Crippen LogP contribution in [0.25, 0.3) is 0 Å². The van der Waals surface area contributed by atoms with Crippen LogP contribution >= 0.6 is 0 Å². The molecule has 2 aromatic rings. The van der Waals surface area contributed by atoms with Crippen molar-refractivity contribution in [2.45, 2.75) is 12.5 Å². The van der Waals surface area contributed by atoms with Crippen LogP contribution in [0.5, 0.6) is 5.75 Å². The number of rotatable bonds is 5. The Morgan fingerprint density at radius 2 is 1.88 bits per heavy atom. The number of amides is 2. The van der Waals surface area contributed by atoms with Crippen molar-refractivity contribution in [1.29, 1.82) is 0 Å². The van der Waals surface area contributed by atoms with E-state index in [4.69, 9.17) is 4.74 Å². The van der Waals surface area contributed by atoms with Crippen molar-refractivity contribution in [3.63, 3.8) is 0 Å². The van der Waals surface area contributed by atoms with Crippen molar-refractivity contribution < 1.29 is 23.1 Å². The first-order valence-corrected chi connectivity index (χ1v) is 7.75. The van der Waals surface area contributed by atoms with Crippen LogP contribution in [0.1, 0.15) is 6.42 Å². The van der Waals surface area contributed by atoms with Crippen molar-refractivity contribution in [3.8, 4) is 5.75 Å². The zero-order chi connectivity index (χ0) is 17.8. The maximum absolute atomic E-state index is 13.4. The highest BCUT2D eigenvalue weighted by Crippen LogP contribution is 2.22. The highest BCUT2D eigenvalue weighted by Gasteiger charge is 2.31. The Labute approximate surface area is 143 Å². The van der Waals surface area contributed by atoms with Crippen molar-refractivity contribution >= 4 is 17.5 Å². The SMILES string of the molecule is O=C(COc1ccccc1F)N[C@H]1CC(=O)N(c2ccc(F)cc2)C1. The molecule has 1 saturated heterocycles. The van der Waals surface area contributed by atoms with E-state index in [2.05, 4.69) is 5.32 Å². The minimum Gasteiger partial charge on any atom is -0.481 e. The van der Waals surface area contributed by atoms with E-state index >= 15 is 0 Å². The number of nitrogens with one attached hydrogen (secondary N) is 1. The molecule has 0 bridgehead atoms. The Morgan fingerprint density at radius 1 is 1.16 bits per heavy atom. The Hall–Kier alpha value is -2.96. The van der Waals surface area contributed by atoms with E-state index in [-0.39, 0.29) is 43.1 Å².